The molecular weight excluding hydrogens is 298 g/mol. The Balaban J connectivity index is 2.48. The molecule has 2 heterocycles. The van der Waals surface area contributed by atoms with Crippen LogP contribution in [0.25, 0.3) is 0 Å². The lowest BCUT2D eigenvalue weighted by molar-refractivity contribution is 0.463. The van der Waals surface area contributed by atoms with Crippen LogP contribution in [0.5, 0.6) is 0 Å². The van der Waals surface area contributed by atoms with E-state index >= 15 is 0 Å². The van der Waals surface area contributed by atoms with Crippen molar-refractivity contribution in [2.45, 2.75) is 59.4 Å². The van der Waals surface area contributed by atoms with Gasteiger partial charge in [0.15, 0.2) is 5.69 Å². The molecule has 0 radical (unpaired) electrons. The van der Waals surface area contributed by atoms with E-state index in [2.05, 4.69) is 59.3 Å². The van der Waals surface area contributed by atoms with Crippen molar-refractivity contribution in [1.29, 1.82) is 0 Å². The number of nitrogen functional groups attached to an aromatic ring is 1. The third-order valence-corrected chi connectivity index (χ3v) is 4.08. The van der Waals surface area contributed by atoms with Gasteiger partial charge in [-0.3, -0.25) is 0 Å². The number of anilines is 1. The summed E-state index contributed by atoms with van der Waals surface area (Å²) in [6.07, 6.45) is 0.946. The Hall–Kier alpha value is -1.83. The largest absolute Gasteiger partial charge is 0.382 e. The van der Waals surface area contributed by atoms with Crippen molar-refractivity contribution in [3.63, 3.8) is 0 Å². The molecule has 7 nitrogen and oxygen atoms in total. The average Bonchev–Trinajstić information content (AvgIpc) is 2.99. The molecule has 2 N–H and O–H groups in total. The molecule has 0 saturated carbocycles. The van der Waals surface area contributed by atoms with Crippen LogP contribution in [0.2, 0.25) is 0 Å². The van der Waals surface area contributed by atoms with Crippen LogP contribution in [0.3, 0.4) is 0 Å². The van der Waals surface area contributed by atoms with Crippen LogP contribution in [0.1, 0.15) is 58.6 Å². The fraction of sp³-hybridized carbons (Fsp3) is 0.643. The highest BCUT2D eigenvalue weighted by Crippen LogP contribution is 2.38. The minimum absolute atomic E-state index is 0.168. The molecule has 0 bridgehead atoms. The smallest absolute Gasteiger partial charge is 0.249 e. The number of hydrogen-bond acceptors (Lipinski definition) is 7. The summed E-state index contributed by atoms with van der Waals surface area (Å²) in [6, 6.07) is 0.217. The minimum atomic E-state index is -0.168. The van der Waals surface area contributed by atoms with Gasteiger partial charge in [0.1, 0.15) is 11.6 Å². The molecule has 8 heteroatoms. The van der Waals surface area contributed by atoms with Crippen molar-refractivity contribution in [1.82, 2.24) is 19.1 Å². The number of aryl methyl sites for hydroxylation is 1. The SMILES string of the molecule is CCC(C)n1nc(C(C)(C)C)c(N=Nc2nc(C)ns2)c1N. The first kappa shape index (κ1) is 16.5. The first-order valence-electron chi connectivity index (χ1n) is 7.34. The first-order valence-corrected chi connectivity index (χ1v) is 8.11. The van der Waals surface area contributed by atoms with Gasteiger partial charge in [-0.25, -0.2) is 9.67 Å². The second kappa shape index (κ2) is 6.12. The summed E-state index contributed by atoms with van der Waals surface area (Å²) in [5.41, 5.74) is 7.56. The number of azo groups is 1. The molecule has 1 unspecified atom stereocenters. The summed E-state index contributed by atoms with van der Waals surface area (Å²) in [6.45, 7) is 12.3. The summed E-state index contributed by atoms with van der Waals surface area (Å²) < 4.78 is 5.93. The molecule has 0 spiro atoms. The second-order valence-electron chi connectivity index (χ2n) is 6.36. The van der Waals surface area contributed by atoms with Gasteiger partial charge in [-0.2, -0.15) is 9.47 Å². The molecule has 2 aromatic heterocycles. The van der Waals surface area contributed by atoms with E-state index in [-0.39, 0.29) is 11.5 Å². The quantitative estimate of drug-likeness (QED) is 0.849. The van der Waals surface area contributed by atoms with Gasteiger partial charge in [-0.15, -0.1) is 10.2 Å². The molecule has 0 amide bonds. The third-order valence-electron chi connectivity index (χ3n) is 3.39. The van der Waals surface area contributed by atoms with Crippen molar-refractivity contribution >= 4 is 28.2 Å². The Morgan fingerprint density at radius 3 is 2.50 bits per heavy atom. The molecule has 0 aliphatic heterocycles. The Morgan fingerprint density at radius 1 is 1.32 bits per heavy atom. The molecule has 1 atom stereocenters. The lowest BCUT2D eigenvalue weighted by Crippen LogP contribution is -2.14. The summed E-state index contributed by atoms with van der Waals surface area (Å²) in [7, 11) is 0. The predicted octanol–water partition coefficient (Wildman–Crippen LogP) is 4.31. The topological polar surface area (TPSA) is 94.3 Å². The number of nitrogens with zero attached hydrogens (tertiary/aromatic N) is 6. The highest BCUT2D eigenvalue weighted by atomic mass is 32.1. The molecule has 0 saturated heterocycles. The highest BCUT2D eigenvalue weighted by Gasteiger charge is 2.27. The van der Waals surface area contributed by atoms with Crippen LogP contribution in [0, 0.1) is 6.92 Å². The van der Waals surface area contributed by atoms with E-state index in [4.69, 9.17) is 5.73 Å². The predicted molar refractivity (Wildman–Crippen MR) is 89.2 cm³/mol. The van der Waals surface area contributed by atoms with Crippen molar-refractivity contribution in [3.05, 3.63) is 11.5 Å². The highest BCUT2D eigenvalue weighted by molar-refractivity contribution is 7.09. The van der Waals surface area contributed by atoms with E-state index in [1.165, 1.54) is 11.5 Å². The first-order chi connectivity index (χ1) is 10.2. The fourth-order valence-electron chi connectivity index (χ4n) is 1.97. The standard InChI is InChI=1S/C14H23N7S/c1-7-8(2)21-12(15)10(11(19-21)14(4,5)6)17-18-13-16-9(3)20-22-13/h8H,7,15H2,1-6H3. The maximum Gasteiger partial charge on any atom is 0.249 e. The summed E-state index contributed by atoms with van der Waals surface area (Å²) in [5, 5.41) is 13.7. The molecule has 0 fully saturated rings. The zero-order valence-electron chi connectivity index (χ0n) is 14.0. The monoisotopic (exact) mass is 321 g/mol. The van der Waals surface area contributed by atoms with Crippen LogP contribution >= 0.6 is 11.5 Å². The van der Waals surface area contributed by atoms with Gasteiger partial charge in [0.2, 0.25) is 5.13 Å². The van der Waals surface area contributed by atoms with Gasteiger partial charge < -0.3 is 5.73 Å². The van der Waals surface area contributed by atoms with Gasteiger partial charge in [0.05, 0.1) is 11.7 Å². The van der Waals surface area contributed by atoms with E-state index in [0.717, 1.165) is 12.1 Å². The van der Waals surface area contributed by atoms with Gasteiger partial charge in [-0.05, 0) is 20.3 Å². The minimum Gasteiger partial charge on any atom is -0.382 e. The molecule has 0 aromatic carbocycles. The van der Waals surface area contributed by atoms with E-state index in [1.807, 2.05) is 11.6 Å². The van der Waals surface area contributed by atoms with Crippen LogP contribution < -0.4 is 5.73 Å². The lowest BCUT2D eigenvalue weighted by Gasteiger charge is -2.15. The van der Waals surface area contributed by atoms with Crippen LogP contribution in [-0.4, -0.2) is 19.1 Å². The molecule has 120 valence electrons. The van der Waals surface area contributed by atoms with Gasteiger partial charge in [0, 0.05) is 16.9 Å². The Morgan fingerprint density at radius 2 is 2.00 bits per heavy atom. The molecule has 22 heavy (non-hydrogen) atoms. The van der Waals surface area contributed by atoms with Crippen molar-refractivity contribution in [3.8, 4) is 0 Å². The average molecular weight is 321 g/mol. The maximum absolute atomic E-state index is 6.26. The maximum atomic E-state index is 6.26. The van der Waals surface area contributed by atoms with Crippen molar-refractivity contribution in [2.75, 3.05) is 5.73 Å². The number of aromatic nitrogens is 4. The van der Waals surface area contributed by atoms with Crippen molar-refractivity contribution < 1.29 is 0 Å². The van der Waals surface area contributed by atoms with E-state index in [1.54, 1.807) is 0 Å². The van der Waals surface area contributed by atoms with Crippen molar-refractivity contribution in [2.24, 2.45) is 10.2 Å². The fourth-order valence-corrected chi connectivity index (χ4v) is 2.48. The van der Waals surface area contributed by atoms with E-state index in [0.29, 0.717) is 22.5 Å². The number of hydrogen-bond donors (Lipinski definition) is 1. The Kier molecular flexibility index (Phi) is 4.60. The van der Waals surface area contributed by atoms with Gasteiger partial charge in [-0.1, -0.05) is 27.7 Å². The summed E-state index contributed by atoms with van der Waals surface area (Å²) in [4.78, 5) is 4.18. The zero-order chi connectivity index (χ0) is 16.5. The van der Waals surface area contributed by atoms with Crippen LogP contribution in [-0.2, 0) is 5.41 Å². The zero-order valence-corrected chi connectivity index (χ0v) is 14.8. The summed E-state index contributed by atoms with van der Waals surface area (Å²) in [5.74, 6) is 1.24. The molecule has 0 aliphatic rings. The van der Waals surface area contributed by atoms with Crippen LogP contribution in [0.15, 0.2) is 10.2 Å². The molecular formula is C14H23N7S. The Bertz CT molecular complexity index is 678. The number of nitrogens with two attached hydrogens (primary N) is 1. The van der Waals surface area contributed by atoms with E-state index in [9.17, 15) is 0 Å². The second-order valence-corrected chi connectivity index (χ2v) is 7.09. The normalized spacial score (nSPS) is 13.9. The third kappa shape index (κ3) is 3.32. The summed E-state index contributed by atoms with van der Waals surface area (Å²) >= 11 is 1.22. The van der Waals surface area contributed by atoms with Gasteiger partial charge >= 0.3 is 0 Å². The molecule has 0 aliphatic carbocycles. The Labute approximate surface area is 134 Å². The molecule has 2 rings (SSSR count). The van der Waals surface area contributed by atoms with E-state index < -0.39 is 0 Å². The number of rotatable bonds is 4. The van der Waals surface area contributed by atoms with Gasteiger partial charge in [0.25, 0.3) is 0 Å². The van der Waals surface area contributed by atoms with Crippen LogP contribution in [0.4, 0.5) is 16.6 Å². The lowest BCUT2D eigenvalue weighted by atomic mass is 9.91. The molecule has 2 aromatic rings.